The first-order valence-corrected chi connectivity index (χ1v) is 18.4. The van der Waals surface area contributed by atoms with Crippen molar-refractivity contribution in [1.82, 2.24) is 0 Å². The molecule has 0 bridgehead atoms. The molecule has 238 valence electrons. The molecule has 2 saturated heterocycles. The Hall–Kier alpha value is -0.870. The van der Waals surface area contributed by atoms with Crippen LogP contribution in [0.3, 0.4) is 0 Å². The van der Waals surface area contributed by atoms with Gasteiger partial charge in [0.1, 0.15) is 6.10 Å². The molecule has 4 nitrogen and oxygen atoms in total. The summed E-state index contributed by atoms with van der Waals surface area (Å²) in [4.78, 5) is 11.6. The lowest BCUT2D eigenvalue weighted by atomic mass is 10.0. The van der Waals surface area contributed by atoms with Crippen molar-refractivity contribution in [2.75, 3.05) is 0 Å². The highest BCUT2D eigenvalue weighted by Crippen LogP contribution is 2.37. The first kappa shape index (κ1) is 34.6. The molecular formula is C37H66O4. The van der Waals surface area contributed by atoms with Gasteiger partial charge in [-0.15, -0.1) is 0 Å². The summed E-state index contributed by atoms with van der Waals surface area (Å²) in [6, 6.07) is 0. The highest BCUT2D eigenvalue weighted by atomic mass is 16.6. The molecule has 0 aromatic carbocycles. The van der Waals surface area contributed by atoms with Crippen LogP contribution < -0.4 is 0 Å². The molecule has 3 aliphatic heterocycles. The lowest BCUT2D eigenvalue weighted by Gasteiger charge is -2.03. The van der Waals surface area contributed by atoms with Crippen molar-refractivity contribution >= 4 is 5.97 Å². The number of rotatable bonds is 29. The van der Waals surface area contributed by atoms with Crippen LogP contribution in [0.1, 0.15) is 187 Å². The van der Waals surface area contributed by atoms with Gasteiger partial charge < -0.3 is 14.2 Å². The second-order valence-electron chi connectivity index (χ2n) is 13.6. The molecule has 3 rings (SSSR count). The van der Waals surface area contributed by atoms with Gasteiger partial charge in [0.25, 0.3) is 0 Å². The largest absolute Gasteiger partial charge is 0.455 e. The van der Waals surface area contributed by atoms with Crippen LogP contribution in [0.5, 0.6) is 0 Å². The summed E-state index contributed by atoms with van der Waals surface area (Å²) in [6.07, 6.45) is 40.3. The van der Waals surface area contributed by atoms with E-state index in [1.807, 2.05) is 13.0 Å². The molecule has 41 heavy (non-hydrogen) atoms. The number of epoxide rings is 2. The molecule has 3 aliphatic rings. The zero-order valence-electron chi connectivity index (χ0n) is 27.2. The van der Waals surface area contributed by atoms with Crippen molar-refractivity contribution in [1.29, 1.82) is 0 Å². The number of ether oxygens (including phenoxy) is 3. The number of carbonyl (C=O) groups is 1. The first-order valence-electron chi connectivity index (χ1n) is 18.4. The van der Waals surface area contributed by atoms with E-state index in [1.54, 1.807) is 0 Å². The average molecular weight is 575 g/mol. The summed E-state index contributed by atoms with van der Waals surface area (Å²) in [5.41, 5.74) is 0.895. The number of hydrogen-bond donors (Lipinski definition) is 0. The Morgan fingerprint density at radius 1 is 0.512 bits per heavy atom. The minimum atomic E-state index is -0.0947. The van der Waals surface area contributed by atoms with Gasteiger partial charge in [-0.25, -0.2) is 4.79 Å². The zero-order chi connectivity index (χ0) is 29.0. The Morgan fingerprint density at radius 2 is 0.878 bits per heavy atom. The van der Waals surface area contributed by atoms with E-state index in [1.165, 1.54) is 161 Å². The fraction of sp³-hybridized carbons (Fsp3) is 0.919. The lowest BCUT2D eigenvalue weighted by Crippen LogP contribution is -2.03. The van der Waals surface area contributed by atoms with Gasteiger partial charge in [-0.3, -0.25) is 0 Å². The molecule has 0 amide bonds. The predicted octanol–water partition coefficient (Wildman–Crippen LogP) is 10.9. The van der Waals surface area contributed by atoms with Gasteiger partial charge in [0.15, 0.2) is 0 Å². The standard InChI is InChI=1S/C37H66O4/c1-3-4-5-6-7-8-9-10-14-17-20-23-26-33-35(40-33)28-29-36-34(41-36)27-24-21-18-15-12-11-13-16-19-22-25-32-30-31(2)39-37(32)38/h30-31,33-36H,3-29H2,1-2H3. The Bertz CT molecular complexity index is 703. The second kappa shape index (κ2) is 21.8. The van der Waals surface area contributed by atoms with Crippen LogP contribution in [-0.2, 0) is 19.0 Å². The molecule has 0 aliphatic carbocycles. The molecule has 0 aromatic rings. The van der Waals surface area contributed by atoms with Gasteiger partial charge in [0.2, 0.25) is 0 Å². The van der Waals surface area contributed by atoms with E-state index in [-0.39, 0.29) is 12.1 Å². The maximum Gasteiger partial charge on any atom is 0.334 e. The maximum absolute atomic E-state index is 11.6. The van der Waals surface area contributed by atoms with E-state index in [9.17, 15) is 4.79 Å². The number of carbonyl (C=O) groups excluding carboxylic acids is 1. The van der Waals surface area contributed by atoms with E-state index in [4.69, 9.17) is 14.2 Å². The van der Waals surface area contributed by atoms with E-state index < -0.39 is 0 Å². The normalized spacial score (nSPS) is 25.0. The van der Waals surface area contributed by atoms with E-state index in [2.05, 4.69) is 6.92 Å². The van der Waals surface area contributed by atoms with Crippen LogP contribution in [-0.4, -0.2) is 36.5 Å². The smallest absolute Gasteiger partial charge is 0.334 e. The summed E-state index contributed by atoms with van der Waals surface area (Å²) in [5, 5.41) is 0. The molecule has 0 N–H and O–H groups in total. The third kappa shape index (κ3) is 16.5. The predicted molar refractivity (Wildman–Crippen MR) is 171 cm³/mol. The summed E-state index contributed by atoms with van der Waals surface area (Å²) >= 11 is 0. The highest BCUT2D eigenvalue weighted by molar-refractivity contribution is 5.90. The van der Waals surface area contributed by atoms with Crippen molar-refractivity contribution in [3.63, 3.8) is 0 Å². The van der Waals surface area contributed by atoms with E-state index in [0.29, 0.717) is 24.4 Å². The van der Waals surface area contributed by atoms with Gasteiger partial charge in [-0.05, 0) is 51.5 Å². The lowest BCUT2D eigenvalue weighted by molar-refractivity contribution is -0.139. The molecule has 5 unspecified atom stereocenters. The topological polar surface area (TPSA) is 51.4 Å². The summed E-state index contributed by atoms with van der Waals surface area (Å²) in [5.74, 6) is -0.0947. The fourth-order valence-electron chi connectivity index (χ4n) is 6.78. The van der Waals surface area contributed by atoms with Gasteiger partial charge in [-0.2, -0.15) is 0 Å². The molecule has 0 radical (unpaired) electrons. The summed E-state index contributed by atoms with van der Waals surface area (Å²) in [7, 11) is 0. The van der Waals surface area contributed by atoms with Gasteiger partial charge in [0, 0.05) is 5.57 Å². The molecule has 0 spiro atoms. The van der Waals surface area contributed by atoms with Crippen molar-refractivity contribution in [2.45, 2.75) is 218 Å². The summed E-state index contributed by atoms with van der Waals surface area (Å²) < 4.78 is 17.1. The fourth-order valence-corrected chi connectivity index (χ4v) is 6.78. The molecule has 3 heterocycles. The minimum Gasteiger partial charge on any atom is -0.455 e. The molecule has 5 atom stereocenters. The van der Waals surface area contributed by atoms with Crippen molar-refractivity contribution in [2.24, 2.45) is 0 Å². The third-order valence-electron chi connectivity index (χ3n) is 9.63. The Morgan fingerprint density at radius 3 is 1.27 bits per heavy atom. The van der Waals surface area contributed by atoms with Gasteiger partial charge >= 0.3 is 5.97 Å². The molecule has 0 aromatic heterocycles. The Kier molecular flexibility index (Phi) is 18.4. The third-order valence-corrected chi connectivity index (χ3v) is 9.63. The minimum absolute atomic E-state index is 0.0233. The highest BCUT2D eigenvalue weighted by Gasteiger charge is 2.42. The number of cyclic esters (lactones) is 1. The number of esters is 1. The quantitative estimate of drug-likeness (QED) is 0.0506. The Labute approximate surface area is 254 Å². The Balaban J connectivity index is 0.979. The second-order valence-corrected chi connectivity index (χ2v) is 13.6. The molecular weight excluding hydrogens is 508 g/mol. The molecule has 4 heteroatoms. The molecule has 0 saturated carbocycles. The van der Waals surface area contributed by atoms with E-state index in [0.717, 1.165) is 18.4 Å². The van der Waals surface area contributed by atoms with Crippen molar-refractivity contribution in [3.05, 3.63) is 11.6 Å². The maximum atomic E-state index is 11.6. The van der Waals surface area contributed by atoms with Crippen molar-refractivity contribution in [3.8, 4) is 0 Å². The van der Waals surface area contributed by atoms with Crippen LogP contribution >= 0.6 is 0 Å². The average Bonchev–Trinajstić information content (AvgIpc) is 3.87. The summed E-state index contributed by atoms with van der Waals surface area (Å²) in [6.45, 7) is 4.23. The zero-order valence-corrected chi connectivity index (χ0v) is 27.2. The van der Waals surface area contributed by atoms with Crippen LogP contribution in [0.15, 0.2) is 11.6 Å². The van der Waals surface area contributed by atoms with Gasteiger partial charge in [-0.1, -0.05) is 142 Å². The van der Waals surface area contributed by atoms with Crippen LogP contribution in [0.4, 0.5) is 0 Å². The van der Waals surface area contributed by atoms with Crippen molar-refractivity contribution < 1.29 is 19.0 Å². The first-order chi connectivity index (χ1) is 20.2. The van der Waals surface area contributed by atoms with Crippen LogP contribution in [0, 0.1) is 0 Å². The van der Waals surface area contributed by atoms with Crippen LogP contribution in [0.25, 0.3) is 0 Å². The monoisotopic (exact) mass is 574 g/mol. The number of unbranched alkanes of at least 4 members (excludes halogenated alkanes) is 20. The van der Waals surface area contributed by atoms with Gasteiger partial charge in [0.05, 0.1) is 24.4 Å². The molecule has 2 fully saturated rings. The van der Waals surface area contributed by atoms with E-state index >= 15 is 0 Å². The number of hydrogen-bond acceptors (Lipinski definition) is 4. The van der Waals surface area contributed by atoms with Crippen LogP contribution in [0.2, 0.25) is 0 Å². The SMILES string of the molecule is CCCCCCCCCCCCCCC1OC1CCC1OC1CCCCCCCCCCCCC1=CC(C)OC1=O.